The molecule has 1 saturated heterocycles. The molecule has 0 atom stereocenters. The molecule has 1 aromatic heterocycles. The lowest BCUT2D eigenvalue weighted by Gasteiger charge is -2.36. The lowest BCUT2D eigenvalue weighted by molar-refractivity contribution is -0.130. The van der Waals surface area contributed by atoms with Crippen molar-refractivity contribution in [2.45, 2.75) is 13.0 Å². The molecule has 0 bridgehead atoms. The molecule has 0 saturated carbocycles. The molecular formula is C19H23N3O3. The molecule has 6 nitrogen and oxygen atoms in total. The number of carbonyl (C=O) groups is 1. The van der Waals surface area contributed by atoms with Gasteiger partial charge in [0.1, 0.15) is 5.75 Å². The average Bonchev–Trinajstić information content (AvgIpc) is 2.68. The zero-order valence-electron chi connectivity index (χ0n) is 14.4. The number of pyridine rings is 1. The third-order valence-corrected chi connectivity index (χ3v) is 4.45. The number of aliphatic hydroxyl groups is 1. The van der Waals surface area contributed by atoms with E-state index in [0.29, 0.717) is 25.2 Å². The van der Waals surface area contributed by atoms with Crippen molar-refractivity contribution >= 4 is 11.6 Å². The molecule has 1 N–H and O–H groups in total. The van der Waals surface area contributed by atoms with E-state index < -0.39 is 0 Å². The van der Waals surface area contributed by atoms with Crippen molar-refractivity contribution in [2.24, 2.45) is 0 Å². The van der Waals surface area contributed by atoms with E-state index in [1.165, 1.54) is 0 Å². The number of hydrogen-bond acceptors (Lipinski definition) is 5. The third-order valence-electron chi connectivity index (χ3n) is 4.45. The van der Waals surface area contributed by atoms with E-state index in [1.807, 2.05) is 41.3 Å². The maximum atomic E-state index is 12.5. The molecule has 0 spiro atoms. The Labute approximate surface area is 147 Å². The molecule has 3 rings (SSSR count). The summed E-state index contributed by atoms with van der Waals surface area (Å²) in [6.07, 6.45) is 2.10. The summed E-state index contributed by atoms with van der Waals surface area (Å²) < 4.78 is 5.21. The maximum Gasteiger partial charge on any atom is 0.227 e. The van der Waals surface area contributed by atoms with Gasteiger partial charge in [-0.25, -0.2) is 0 Å². The van der Waals surface area contributed by atoms with Gasteiger partial charge in [0.15, 0.2) is 0 Å². The smallest absolute Gasteiger partial charge is 0.227 e. The summed E-state index contributed by atoms with van der Waals surface area (Å²) in [5, 5.41) is 9.21. The van der Waals surface area contributed by atoms with E-state index in [9.17, 15) is 9.90 Å². The Hall–Kier alpha value is -2.60. The molecule has 2 heterocycles. The Morgan fingerprint density at radius 3 is 2.72 bits per heavy atom. The highest BCUT2D eigenvalue weighted by molar-refractivity contribution is 5.79. The van der Waals surface area contributed by atoms with Crippen LogP contribution < -0.4 is 9.64 Å². The first-order chi connectivity index (χ1) is 12.2. The first kappa shape index (κ1) is 17.2. The van der Waals surface area contributed by atoms with Crippen molar-refractivity contribution in [3.05, 3.63) is 53.9 Å². The maximum absolute atomic E-state index is 12.5. The standard InChI is InChI=1S/C19H23N3O3/c1-25-18-4-2-3-15(11-18)12-19(24)22-9-7-21(8-10-22)17-5-6-20-16(13-17)14-23/h2-6,11,13,23H,7-10,12,14H2,1H3. The van der Waals surface area contributed by atoms with Crippen molar-refractivity contribution in [1.82, 2.24) is 9.88 Å². The zero-order valence-corrected chi connectivity index (χ0v) is 14.4. The van der Waals surface area contributed by atoms with Gasteiger partial charge in [0.25, 0.3) is 0 Å². The quantitative estimate of drug-likeness (QED) is 0.892. The number of aliphatic hydroxyl groups excluding tert-OH is 1. The molecule has 0 unspecified atom stereocenters. The summed E-state index contributed by atoms with van der Waals surface area (Å²) in [6, 6.07) is 11.5. The largest absolute Gasteiger partial charge is 0.497 e. The highest BCUT2D eigenvalue weighted by atomic mass is 16.5. The Balaban J connectivity index is 1.57. The zero-order chi connectivity index (χ0) is 17.6. The van der Waals surface area contributed by atoms with Gasteiger partial charge in [-0.3, -0.25) is 9.78 Å². The first-order valence-corrected chi connectivity index (χ1v) is 8.41. The summed E-state index contributed by atoms with van der Waals surface area (Å²) in [5.41, 5.74) is 2.67. The second kappa shape index (κ2) is 7.98. The van der Waals surface area contributed by atoms with E-state index >= 15 is 0 Å². The van der Waals surface area contributed by atoms with Crippen LogP contribution in [0.2, 0.25) is 0 Å². The predicted octanol–water partition coefficient (Wildman–Crippen LogP) is 1.47. The fourth-order valence-electron chi connectivity index (χ4n) is 3.03. The van der Waals surface area contributed by atoms with Crippen LogP contribution in [-0.4, -0.2) is 54.2 Å². The topological polar surface area (TPSA) is 65.9 Å². The number of benzene rings is 1. The van der Waals surface area contributed by atoms with E-state index in [-0.39, 0.29) is 12.5 Å². The molecule has 132 valence electrons. The number of carbonyl (C=O) groups excluding carboxylic acids is 1. The summed E-state index contributed by atoms with van der Waals surface area (Å²) in [4.78, 5) is 20.8. The highest BCUT2D eigenvalue weighted by Crippen LogP contribution is 2.18. The van der Waals surface area contributed by atoms with Crippen molar-refractivity contribution in [3.63, 3.8) is 0 Å². The number of piperazine rings is 1. The predicted molar refractivity (Wildman–Crippen MR) is 95.7 cm³/mol. The monoisotopic (exact) mass is 341 g/mol. The van der Waals surface area contributed by atoms with Crippen LogP contribution in [-0.2, 0) is 17.8 Å². The van der Waals surface area contributed by atoms with Crippen LogP contribution in [0, 0.1) is 0 Å². The van der Waals surface area contributed by atoms with E-state index in [1.54, 1.807) is 13.3 Å². The van der Waals surface area contributed by atoms with Crippen LogP contribution in [0.25, 0.3) is 0 Å². The van der Waals surface area contributed by atoms with Crippen molar-refractivity contribution in [3.8, 4) is 5.75 Å². The van der Waals surface area contributed by atoms with Crippen molar-refractivity contribution in [1.29, 1.82) is 0 Å². The first-order valence-electron chi connectivity index (χ1n) is 8.41. The summed E-state index contributed by atoms with van der Waals surface area (Å²) in [5.74, 6) is 0.908. The van der Waals surface area contributed by atoms with Crippen LogP contribution in [0.15, 0.2) is 42.6 Å². The number of hydrogen-bond donors (Lipinski definition) is 1. The molecule has 1 aromatic carbocycles. The molecule has 6 heteroatoms. The van der Waals surface area contributed by atoms with Crippen LogP contribution in [0.4, 0.5) is 5.69 Å². The molecule has 1 aliphatic rings. The van der Waals surface area contributed by atoms with Gasteiger partial charge in [-0.1, -0.05) is 12.1 Å². The second-order valence-corrected chi connectivity index (χ2v) is 6.06. The van der Waals surface area contributed by atoms with Gasteiger partial charge in [0.2, 0.25) is 5.91 Å². The van der Waals surface area contributed by atoms with Crippen LogP contribution >= 0.6 is 0 Å². The van der Waals surface area contributed by atoms with Crippen LogP contribution in [0.1, 0.15) is 11.3 Å². The van der Waals surface area contributed by atoms with Crippen LogP contribution in [0.3, 0.4) is 0 Å². The number of aromatic nitrogens is 1. The third kappa shape index (κ3) is 4.28. The summed E-state index contributed by atoms with van der Waals surface area (Å²) in [6.45, 7) is 2.88. The molecule has 0 aliphatic carbocycles. The van der Waals surface area contributed by atoms with E-state index in [2.05, 4.69) is 9.88 Å². The molecule has 1 amide bonds. The Bertz CT molecular complexity index is 727. The molecule has 1 aliphatic heterocycles. The Kier molecular flexibility index (Phi) is 5.50. The lowest BCUT2D eigenvalue weighted by Crippen LogP contribution is -2.49. The molecule has 0 radical (unpaired) electrons. The number of anilines is 1. The van der Waals surface area contributed by atoms with Gasteiger partial charge in [0, 0.05) is 38.1 Å². The average molecular weight is 341 g/mol. The number of ether oxygens (including phenoxy) is 1. The number of rotatable bonds is 5. The van der Waals surface area contributed by atoms with Gasteiger partial charge < -0.3 is 19.6 Å². The van der Waals surface area contributed by atoms with Crippen molar-refractivity contribution < 1.29 is 14.6 Å². The second-order valence-electron chi connectivity index (χ2n) is 6.06. The summed E-state index contributed by atoms with van der Waals surface area (Å²) in [7, 11) is 1.63. The normalized spacial score (nSPS) is 14.5. The SMILES string of the molecule is COc1cccc(CC(=O)N2CCN(c3ccnc(CO)c3)CC2)c1. The minimum atomic E-state index is -0.0627. The molecule has 1 fully saturated rings. The van der Waals surface area contributed by atoms with E-state index in [0.717, 1.165) is 30.1 Å². The molecule has 25 heavy (non-hydrogen) atoms. The number of nitrogens with zero attached hydrogens (tertiary/aromatic N) is 3. The molecular weight excluding hydrogens is 318 g/mol. The highest BCUT2D eigenvalue weighted by Gasteiger charge is 2.21. The van der Waals surface area contributed by atoms with Crippen LogP contribution in [0.5, 0.6) is 5.75 Å². The van der Waals surface area contributed by atoms with Gasteiger partial charge in [-0.15, -0.1) is 0 Å². The minimum Gasteiger partial charge on any atom is -0.497 e. The van der Waals surface area contributed by atoms with Gasteiger partial charge in [-0.2, -0.15) is 0 Å². The van der Waals surface area contributed by atoms with Gasteiger partial charge >= 0.3 is 0 Å². The van der Waals surface area contributed by atoms with E-state index in [4.69, 9.17) is 4.74 Å². The number of amides is 1. The fraction of sp³-hybridized carbons (Fsp3) is 0.368. The fourth-order valence-corrected chi connectivity index (χ4v) is 3.03. The lowest BCUT2D eigenvalue weighted by atomic mass is 10.1. The molecule has 2 aromatic rings. The Morgan fingerprint density at radius 1 is 1.20 bits per heavy atom. The minimum absolute atomic E-state index is 0.0627. The number of methoxy groups -OCH3 is 1. The van der Waals surface area contributed by atoms with Gasteiger partial charge in [0.05, 0.1) is 25.8 Å². The summed E-state index contributed by atoms with van der Waals surface area (Å²) >= 11 is 0. The Morgan fingerprint density at radius 2 is 2.00 bits per heavy atom. The van der Waals surface area contributed by atoms with Crippen molar-refractivity contribution in [2.75, 3.05) is 38.2 Å². The van der Waals surface area contributed by atoms with Gasteiger partial charge in [-0.05, 0) is 29.8 Å².